The summed E-state index contributed by atoms with van der Waals surface area (Å²) >= 11 is 0. The van der Waals surface area contributed by atoms with Crippen LogP contribution < -0.4 is 5.32 Å². The number of aryl methyl sites for hydroxylation is 1. The van der Waals surface area contributed by atoms with Gasteiger partial charge in [0.05, 0.1) is 30.1 Å². The molecule has 1 fully saturated rings. The van der Waals surface area contributed by atoms with Gasteiger partial charge in [-0.05, 0) is 38.0 Å². The second-order valence-electron chi connectivity index (χ2n) is 7.31. The lowest BCUT2D eigenvalue weighted by molar-refractivity contribution is 0.0833. The van der Waals surface area contributed by atoms with E-state index in [-0.39, 0.29) is 12.1 Å². The molecule has 0 spiro atoms. The fourth-order valence-electron chi connectivity index (χ4n) is 3.69. The van der Waals surface area contributed by atoms with E-state index in [4.69, 9.17) is 0 Å². The predicted octanol–water partition coefficient (Wildman–Crippen LogP) is 2.65. The van der Waals surface area contributed by atoms with Crippen molar-refractivity contribution in [2.75, 3.05) is 5.32 Å². The smallest absolute Gasteiger partial charge is 0.256 e. The zero-order valence-electron chi connectivity index (χ0n) is 15.6. The fraction of sp³-hybridized carbons (Fsp3) is 0.368. The molecule has 0 unspecified atom stereocenters. The number of anilines is 1. The molecule has 0 bridgehead atoms. The molecule has 0 aliphatic heterocycles. The summed E-state index contributed by atoms with van der Waals surface area (Å²) in [6.07, 6.45) is 2.15. The number of aliphatic hydroxyl groups excluding tert-OH is 1. The van der Waals surface area contributed by atoms with E-state index in [0.29, 0.717) is 41.5 Å². The summed E-state index contributed by atoms with van der Waals surface area (Å²) in [7, 11) is 0. The van der Waals surface area contributed by atoms with Crippen molar-refractivity contribution in [3.63, 3.8) is 0 Å². The lowest BCUT2D eigenvalue weighted by Crippen LogP contribution is -2.39. The zero-order valence-corrected chi connectivity index (χ0v) is 15.6. The molecule has 0 aromatic carbocycles. The minimum absolute atomic E-state index is 0.180. The molecule has 5 rings (SSSR count). The Kier molecular flexibility index (Phi) is 4.16. The molecule has 0 atom stereocenters. The number of alkyl halides is 2. The summed E-state index contributed by atoms with van der Waals surface area (Å²) in [5.41, 5.74) is 3.22. The van der Waals surface area contributed by atoms with Crippen LogP contribution in [0, 0.1) is 6.92 Å². The second kappa shape index (κ2) is 6.73. The molecule has 4 aromatic rings. The molecule has 4 aromatic heterocycles. The van der Waals surface area contributed by atoms with E-state index in [1.54, 1.807) is 29.9 Å². The van der Waals surface area contributed by atoms with Gasteiger partial charge in [0.15, 0.2) is 5.65 Å². The molecule has 10 heteroatoms. The van der Waals surface area contributed by atoms with Crippen LogP contribution in [0.2, 0.25) is 0 Å². The number of aromatic nitrogens is 6. The first-order chi connectivity index (χ1) is 14.0. The molecule has 4 heterocycles. The highest BCUT2D eigenvalue weighted by Gasteiger charge is 2.27. The molecule has 8 nitrogen and oxygen atoms in total. The molecule has 0 amide bonds. The zero-order chi connectivity index (χ0) is 20.1. The summed E-state index contributed by atoms with van der Waals surface area (Å²) in [6, 6.07) is 5.66. The number of nitrogens with one attached hydrogen (secondary N) is 1. The van der Waals surface area contributed by atoms with Crippen molar-refractivity contribution in [2.24, 2.45) is 0 Å². The first-order valence-electron chi connectivity index (χ1n) is 9.39. The Morgan fingerprint density at radius 2 is 2.07 bits per heavy atom. The SMILES string of the molecule is Cc1nc2ccc(-c3ccn4nc(N[C@H]5C[C@@H](O)C5)ncc34)nc2n1CC(F)F. The van der Waals surface area contributed by atoms with Gasteiger partial charge < -0.3 is 15.0 Å². The Balaban J connectivity index is 1.50. The van der Waals surface area contributed by atoms with Crippen LogP contribution in [-0.2, 0) is 6.54 Å². The Hall–Kier alpha value is -3.14. The third-order valence-electron chi connectivity index (χ3n) is 5.24. The molecule has 0 radical (unpaired) electrons. The highest BCUT2D eigenvalue weighted by molar-refractivity contribution is 5.82. The average Bonchev–Trinajstić information content (AvgIpc) is 3.21. The highest BCUT2D eigenvalue weighted by atomic mass is 19.3. The normalized spacial score (nSPS) is 19.2. The quantitative estimate of drug-likeness (QED) is 0.536. The Morgan fingerprint density at radius 1 is 1.24 bits per heavy atom. The van der Waals surface area contributed by atoms with Gasteiger partial charge in [-0.25, -0.2) is 28.2 Å². The molecule has 0 saturated heterocycles. The van der Waals surface area contributed by atoms with Crippen molar-refractivity contribution in [2.45, 2.75) is 44.9 Å². The summed E-state index contributed by atoms with van der Waals surface area (Å²) in [5.74, 6) is 0.998. The van der Waals surface area contributed by atoms with Crippen LogP contribution in [0.5, 0.6) is 0 Å². The van der Waals surface area contributed by atoms with Crippen molar-refractivity contribution < 1.29 is 13.9 Å². The number of hydrogen-bond donors (Lipinski definition) is 2. The summed E-state index contributed by atoms with van der Waals surface area (Å²) in [5, 5.41) is 17.1. The number of halogens is 2. The lowest BCUT2D eigenvalue weighted by Gasteiger charge is -2.31. The number of pyridine rings is 1. The third kappa shape index (κ3) is 3.19. The summed E-state index contributed by atoms with van der Waals surface area (Å²) in [4.78, 5) is 13.3. The van der Waals surface area contributed by atoms with Gasteiger partial charge in [-0.1, -0.05) is 0 Å². The number of nitrogens with zero attached hydrogens (tertiary/aromatic N) is 6. The number of fused-ring (bicyclic) bond motifs is 2. The maximum absolute atomic E-state index is 13.0. The fourth-order valence-corrected chi connectivity index (χ4v) is 3.69. The van der Waals surface area contributed by atoms with E-state index in [0.717, 1.165) is 11.1 Å². The van der Waals surface area contributed by atoms with Crippen molar-refractivity contribution >= 4 is 22.6 Å². The number of rotatable bonds is 5. The molecule has 1 aliphatic rings. The third-order valence-corrected chi connectivity index (χ3v) is 5.24. The van der Waals surface area contributed by atoms with Crippen LogP contribution in [0.1, 0.15) is 18.7 Å². The minimum atomic E-state index is -2.48. The van der Waals surface area contributed by atoms with E-state index < -0.39 is 13.0 Å². The monoisotopic (exact) mass is 399 g/mol. The largest absolute Gasteiger partial charge is 0.393 e. The Labute approximate surface area is 164 Å². The van der Waals surface area contributed by atoms with Crippen LogP contribution in [0.25, 0.3) is 27.9 Å². The van der Waals surface area contributed by atoms with Gasteiger partial charge in [-0.2, -0.15) is 0 Å². The summed E-state index contributed by atoms with van der Waals surface area (Å²) in [6.45, 7) is 1.25. The maximum atomic E-state index is 13.0. The summed E-state index contributed by atoms with van der Waals surface area (Å²) < 4.78 is 29.0. The molecule has 1 aliphatic carbocycles. The standard InChI is InChI=1S/C19H19F2N7O/c1-10-23-15-3-2-14(25-18(15)27(10)9-17(20)21)13-4-5-28-16(13)8-22-19(26-28)24-11-6-12(29)7-11/h2-5,8,11-12,17,29H,6-7,9H2,1H3,(H,24,26)/t11-,12+. The van der Waals surface area contributed by atoms with Crippen LogP contribution in [-0.4, -0.2) is 52.8 Å². The van der Waals surface area contributed by atoms with Gasteiger partial charge in [0, 0.05) is 17.8 Å². The maximum Gasteiger partial charge on any atom is 0.256 e. The number of imidazole rings is 1. The van der Waals surface area contributed by atoms with Gasteiger partial charge in [0.2, 0.25) is 5.95 Å². The molecular formula is C19H19F2N7O. The Morgan fingerprint density at radius 3 is 2.83 bits per heavy atom. The van der Waals surface area contributed by atoms with E-state index in [1.807, 2.05) is 12.1 Å². The molecule has 1 saturated carbocycles. The molecular weight excluding hydrogens is 380 g/mol. The van der Waals surface area contributed by atoms with Crippen LogP contribution in [0.3, 0.4) is 0 Å². The molecule has 2 N–H and O–H groups in total. The van der Waals surface area contributed by atoms with Crippen LogP contribution >= 0.6 is 0 Å². The van der Waals surface area contributed by atoms with E-state index in [1.165, 1.54) is 4.57 Å². The van der Waals surface area contributed by atoms with Crippen molar-refractivity contribution in [1.82, 2.24) is 29.1 Å². The number of aliphatic hydroxyl groups is 1. The molecule has 29 heavy (non-hydrogen) atoms. The first-order valence-corrected chi connectivity index (χ1v) is 9.39. The van der Waals surface area contributed by atoms with Gasteiger partial charge in [0.25, 0.3) is 6.43 Å². The van der Waals surface area contributed by atoms with Crippen molar-refractivity contribution in [3.8, 4) is 11.3 Å². The van der Waals surface area contributed by atoms with E-state index in [9.17, 15) is 13.9 Å². The van der Waals surface area contributed by atoms with Gasteiger partial charge in [-0.15, -0.1) is 5.10 Å². The van der Waals surface area contributed by atoms with Gasteiger partial charge >= 0.3 is 0 Å². The number of hydrogen-bond acceptors (Lipinski definition) is 6. The highest BCUT2D eigenvalue weighted by Crippen LogP contribution is 2.27. The Bertz CT molecular complexity index is 1200. The van der Waals surface area contributed by atoms with E-state index in [2.05, 4.69) is 25.4 Å². The lowest BCUT2D eigenvalue weighted by atomic mass is 9.90. The topological polar surface area (TPSA) is 93.2 Å². The van der Waals surface area contributed by atoms with Crippen LogP contribution in [0.15, 0.2) is 30.6 Å². The second-order valence-corrected chi connectivity index (χ2v) is 7.31. The van der Waals surface area contributed by atoms with E-state index >= 15 is 0 Å². The van der Waals surface area contributed by atoms with Gasteiger partial charge in [0.1, 0.15) is 11.3 Å². The minimum Gasteiger partial charge on any atom is -0.393 e. The van der Waals surface area contributed by atoms with Crippen molar-refractivity contribution in [3.05, 3.63) is 36.4 Å². The first kappa shape index (κ1) is 17.9. The average molecular weight is 399 g/mol. The van der Waals surface area contributed by atoms with Crippen LogP contribution in [0.4, 0.5) is 14.7 Å². The van der Waals surface area contributed by atoms with Crippen molar-refractivity contribution in [1.29, 1.82) is 0 Å². The predicted molar refractivity (Wildman–Crippen MR) is 103 cm³/mol. The molecule has 150 valence electrons. The van der Waals surface area contributed by atoms with Gasteiger partial charge in [-0.3, -0.25) is 0 Å².